The molecule has 9 heteroatoms. The normalized spacial score (nSPS) is 11.2. The van der Waals surface area contributed by atoms with Crippen LogP contribution < -0.4 is 4.72 Å². The second kappa shape index (κ2) is 5.33. The lowest BCUT2D eigenvalue weighted by molar-refractivity contribution is 0.0692. The van der Waals surface area contributed by atoms with Gasteiger partial charge in [0, 0.05) is 12.4 Å². The zero-order valence-corrected chi connectivity index (χ0v) is 11.1. The zero-order chi connectivity index (χ0) is 13.9. The molecule has 0 aliphatic heterocycles. The van der Waals surface area contributed by atoms with Crippen LogP contribution in [-0.4, -0.2) is 29.5 Å². The van der Waals surface area contributed by atoms with Gasteiger partial charge >= 0.3 is 5.97 Å². The van der Waals surface area contributed by atoms with E-state index >= 15 is 0 Å². The van der Waals surface area contributed by atoms with Crippen molar-refractivity contribution in [2.45, 2.75) is 5.75 Å². The number of anilines is 1. The molecule has 0 fully saturated rings. The monoisotopic (exact) mass is 299 g/mol. The van der Waals surface area contributed by atoms with E-state index < -0.39 is 16.0 Å². The van der Waals surface area contributed by atoms with E-state index in [1.165, 1.54) is 17.9 Å². The Hall–Kier alpha value is -2.00. The molecule has 0 saturated heterocycles. The third-order valence-corrected chi connectivity index (χ3v) is 4.20. The molecular weight excluding hydrogens is 290 g/mol. The Labute approximate surface area is 113 Å². The second-order valence-electron chi connectivity index (χ2n) is 3.56. The van der Waals surface area contributed by atoms with Crippen LogP contribution >= 0.6 is 11.3 Å². The molecule has 0 aliphatic carbocycles. The minimum absolute atomic E-state index is 0.00334. The van der Waals surface area contributed by atoms with E-state index in [1.807, 2.05) is 0 Å². The van der Waals surface area contributed by atoms with Gasteiger partial charge in [-0.15, -0.1) is 11.3 Å². The zero-order valence-electron chi connectivity index (χ0n) is 9.48. The van der Waals surface area contributed by atoms with Gasteiger partial charge in [0.15, 0.2) is 5.69 Å². The van der Waals surface area contributed by atoms with Crippen molar-refractivity contribution < 1.29 is 18.3 Å². The molecule has 0 aliphatic rings. The summed E-state index contributed by atoms with van der Waals surface area (Å²) < 4.78 is 26.0. The molecule has 100 valence electrons. The third kappa shape index (κ3) is 3.48. The van der Waals surface area contributed by atoms with Gasteiger partial charge in [0.05, 0.1) is 11.3 Å². The van der Waals surface area contributed by atoms with Crippen LogP contribution in [0.3, 0.4) is 0 Å². The number of rotatable bonds is 5. The minimum Gasteiger partial charge on any atom is -0.476 e. The molecule has 2 aromatic rings. The number of carboxylic acids is 1. The SMILES string of the molecule is O=C(O)c1ncsc1NS(=O)(=O)Cc1cccnc1. The predicted octanol–water partition coefficient (Wildman–Crippen LogP) is 1.18. The highest BCUT2D eigenvalue weighted by atomic mass is 32.2. The van der Waals surface area contributed by atoms with Crippen LogP contribution in [0.1, 0.15) is 16.1 Å². The fourth-order valence-electron chi connectivity index (χ4n) is 1.35. The maximum atomic E-state index is 11.9. The van der Waals surface area contributed by atoms with Gasteiger partial charge in [-0.3, -0.25) is 9.71 Å². The van der Waals surface area contributed by atoms with Gasteiger partial charge in [0.25, 0.3) is 0 Å². The molecule has 0 spiro atoms. The minimum atomic E-state index is -3.70. The van der Waals surface area contributed by atoms with Crippen molar-refractivity contribution in [1.29, 1.82) is 0 Å². The molecule has 2 aromatic heterocycles. The lowest BCUT2D eigenvalue weighted by Gasteiger charge is -2.06. The highest BCUT2D eigenvalue weighted by Crippen LogP contribution is 2.22. The summed E-state index contributed by atoms with van der Waals surface area (Å²) in [5.74, 6) is -1.56. The third-order valence-electron chi connectivity index (χ3n) is 2.10. The first kappa shape index (κ1) is 13.4. The first-order chi connectivity index (χ1) is 8.98. The molecule has 0 atom stereocenters. The lowest BCUT2D eigenvalue weighted by atomic mass is 10.3. The molecule has 0 unspecified atom stereocenters. The number of pyridine rings is 1. The van der Waals surface area contributed by atoms with Crippen molar-refractivity contribution in [2.75, 3.05) is 4.72 Å². The molecule has 0 saturated carbocycles. The molecule has 2 N–H and O–H groups in total. The number of carbonyl (C=O) groups is 1. The van der Waals surface area contributed by atoms with Crippen molar-refractivity contribution in [3.05, 3.63) is 41.3 Å². The number of thiazole rings is 1. The Kier molecular flexibility index (Phi) is 3.76. The number of nitrogens with one attached hydrogen (secondary N) is 1. The first-order valence-electron chi connectivity index (χ1n) is 5.04. The van der Waals surface area contributed by atoms with Gasteiger partial charge < -0.3 is 5.11 Å². The van der Waals surface area contributed by atoms with E-state index in [0.717, 1.165) is 11.3 Å². The van der Waals surface area contributed by atoms with Crippen molar-refractivity contribution in [1.82, 2.24) is 9.97 Å². The average molecular weight is 299 g/mol. The molecule has 7 nitrogen and oxygen atoms in total. The molecule has 2 rings (SSSR count). The van der Waals surface area contributed by atoms with Crippen molar-refractivity contribution in [3.8, 4) is 0 Å². The summed E-state index contributed by atoms with van der Waals surface area (Å²) in [7, 11) is -3.70. The smallest absolute Gasteiger partial charge is 0.357 e. The number of aromatic carboxylic acids is 1. The summed E-state index contributed by atoms with van der Waals surface area (Å²) in [6.45, 7) is 0. The largest absolute Gasteiger partial charge is 0.476 e. The summed E-state index contributed by atoms with van der Waals surface area (Å²) in [5.41, 5.74) is 1.47. The Bertz CT molecular complexity index is 682. The highest BCUT2D eigenvalue weighted by Gasteiger charge is 2.19. The van der Waals surface area contributed by atoms with Gasteiger partial charge in [-0.1, -0.05) is 6.07 Å². The topological polar surface area (TPSA) is 109 Å². The van der Waals surface area contributed by atoms with E-state index in [4.69, 9.17) is 5.11 Å². The quantitative estimate of drug-likeness (QED) is 0.858. The summed E-state index contributed by atoms with van der Waals surface area (Å²) >= 11 is 0.917. The molecule has 0 aromatic carbocycles. The Morgan fingerprint density at radius 1 is 1.47 bits per heavy atom. The fourth-order valence-corrected chi connectivity index (χ4v) is 3.50. The van der Waals surface area contributed by atoms with Crippen LogP contribution in [0.4, 0.5) is 5.00 Å². The van der Waals surface area contributed by atoms with E-state index in [-0.39, 0.29) is 16.4 Å². The lowest BCUT2D eigenvalue weighted by Crippen LogP contribution is -2.16. The van der Waals surface area contributed by atoms with Crippen molar-refractivity contribution >= 4 is 32.3 Å². The van der Waals surface area contributed by atoms with Gasteiger partial charge in [-0.25, -0.2) is 18.2 Å². The van der Waals surface area contributed by atoms with Crippen molar-refractivity contribution in [2.24, 2.45) is 0 Å². The fraction of sp³-hybridized carbons (Fsp3) is 0.100. The summed E-state index contributed by atoms with van der Waals surface area (Å²) in [4.78, 5) is 18.2. The van der Waals surface area contributed by atoms with Crippen LogP contribution in [0, 0.1) is 0 Å². The van der Waals surface area contributed by atoms with Gasteiger partial charge in [0.2, 0.25) is 10.0 Å². The van der Waals surface area contributed by atoms with Crippen molar-refractivity contribution in [3.63, 3.8) is 0 Å². The maximum absolute atomic E-state index is 11.9. The molecule has 0 radical (unpaired) electrons. The standard InChI is InChI=1S/C10H9N3O4S2/c14-10(15)8-9(18-6-12-8)13-19(16,17)5-7-2-1-3-11-4-7/h1-4,6,13H,5H2,(H,14,15). The first-order valence-corrected chi connectivity index (χ1v) is 7.57. The number of nitrogens with zero attached hydrogens (tertiary/aromatic N) is 2. The Balaban J connectivity index is 2.18. The number of aromatic nitrogens is 2. The van der Waals surface area contributed by atoms with Gasteiger partial charge in [-0.2, -0.15) is 0 Å². The highest BCUT2D eigenvalue weighted by molar-refractivity contribution is 7.92. The van der Waals surface area contributed by atoms with Gasteiger partial charge in [0.1, 0.15) is 5.00 Å². The molecule has 0 amide bonds. The summed E-state index contributed by atoms with van der Waals surface area (Å²) in [6, 6.07) is 3.25. The number of hydrogen-bond acceptors (Lipinski definition) is 6. The van der Waals surface area contributed by atoms with Crippen LogP contribution in [-0.2, 0) is 15.8 Å². The van der Waals surface area contributed by atoms with Crippen LogP contribution in [0.2, 0.25) is 0 Å². The van der Waals surface area contributed by atoms with E-state index in [1.54, 1.807) is 12.1 Å². The molecule has 0 bridgehead atoms. The molecule has 2 heterocycles. The summed E-state index contributed by atoms with van der Waals surface area (Å²) in [6.07, 6.45) is 2.97. The second-order valence-corrected chi connectivity index (χ2v) is 6.13. The van der Waals surface area contributed by atoms with E-state index in [9.17, 15) is 13.2 Å². The van der Waals surface area contributed by atoms with Gasteiger partial charge in [-0.05, 0) is 11.6 Å². The molecule has 19 heavy (non-hydrogen) atoms. The average Bonchev–Trinajstić information content (AvgIpc) is 2.77. The van der Waals surface area contributed by atoms with E-state index in [2.05, 4.69) is 14.7 Å². The van der Waals surface area contributed by atoms with E-state index in [0.29, 0.717) is 5.56 Å². The maximum Gasteiger partial charge on any atom is 0.357 e. The number of carboxylic acid groups (broad SMARTS) is 1. The molecular formula is C10H9N3O4S2. The predicted molar refractivity (Wildman–Crippen MR) is 69.6 cm³/mol. The van der Waals surface area contributed by atoms with Crippen LogP contribution in [0.15, 0.2) is 30.0 Å². The Morgan fingerprint density at radius 2 is 2.26 bits per heavy atom. The summed E-state index contributed by atoms with van der Waals surface area (Å²) in [5, 5.41) is 8.84. The number of sulfonamides is 1. The van der Waals surface area contributed by atoms with Crippen LogP contribution in [0.25, 0.3) is 0 Å². The van der Waals surface area contributed by atoms with Crippen LogP contribution in [0.5, 0.6) is 0 Å². The number of hydrogen-bond donors (Lipinski definition) is 2. The Morgan fingerprint density at radius 3 is 2.89 bits per heavy atom.